The van der Waals surface area contributed by atoms with Gasteiger partial charge in [0.25, 0.3) is 5.91 Å². The Kier molecular flexibility index (Phi) is 3.90. The molecule has 0 saturated carbocycles. The number of nitrogens with zero attached hydrogens (tertiary/aromatic N) is 1. The van der Waals surface area contributed by atoms with E-state index >= 15 is 0 Å². The summed E-state index contributed by atoms with van der Waals surface area (Å²) in [6, 6.07) is 7.80. The van der Waals surface area contributed by atoms with Crippen LogP contribution in [0.4, 0.5) is 0 Å². The monoisotopic (exact) mass is 260 g/mol. The van der Waals surface area contributed by atoms with Gasteiger partial charge in [0.1, 0.15) is 0 Å². The lowest BCUT2D eigenvalue weighted by Gasteiger charge is -2.18. The fraction of sp³-hybridized carbons (Fsp3) is 0.400. The van der Waals surface area contributed by atoms with Crippen LogP contribution < -0.4 is 0 Å². The number of rotatable bonds is 4. The Hall–Kier alpha value is -1.81. The molecule has 4 nitrogen and oxygen atoms in total. The first-order chi connectivity index (χ1) is 9.00. The molecule has 4 heteroatoms. The van der Waals surface area contributed by atoms with E-state index in [4.69, 9.17) is 0 Å². The molecule has 1 atom stereocenters. The van der Waals surface area contributed by atoms with Crippen molar-refractivity contribution in [1.82, 2.24) is 9.88 Å². The lowest BCUT2D eigenvalue weighted by molar-refractivity contribution is 0.0770. The van der Waals surface area contributed by atoms with Gasteiger partial charge in [0.15, 0.2) is 0 Å². The van der Waals surface area contributed by atoms with Gasteiger partial charge in [0, 0.05) is 30.2 Å². The van der Waals surface area contributed by atoms with E-state index in [-0.39, 0.29) is 12.0 Å². The summed E-state index contributed by atoms with van der Waals surface area (Å²) in [6.45, 7) is 4.19. The number of hydrogen-bond acceptors (Lipinski definition) is 2. The molecule has 102 valence electrons. The number of H-pyrrole nitrogens is 1. The first kappa shape index (κ1) is 13.6. The molecule has 1 aromatic heterocycles. The van der Waals surface area contributed by atoms with Crippen molar-refractivity contribution >= 4 is 16.8 Å². The van der Waals surface area contributed by atoms with Crippen LogP contribution in [0.2, 0.25) is 0 Å². The number of amides is 1. The predicted octanol–water partition coefficient (Wildman–Crippen LogP) is 2.32. The van der Waals surface area contributed by atoms with Crippen LogP contribution in [0.25, 0.3) is 10.9 Å². The minimum absolute atomic E-state index is 0.00407. The highest BCUT2D eigenvalue weighted by atomic mass is 16.3. The third-order valence-corrected chi connectivity index (χ3v) is 3.34. The van der Waals surface area contributed by atoms with Gasteiger partial charge in [0.05, 0.1) is 11.7 Å². The molecule has 0 aliphatic rings. The topological polar surface area (TPSA) is 56.3 Å². The maximum atomic E-state index is 12.5. The standard InChI is InChI=1S/C15H20N2O2/c1-10(18)8-9-17(3)15(19)14-11(2)16-13-7-5-4-6-12(13)14/h4-7,10,16,18H,8-9H2,1-3H3. The molecule has 0 aliphatic heterocycles. The Labute approximate surface area is 113 Å². The zero-order valence-corrected chi connectivity index (χ0v) is 11.6. The van der Waals surface area contributed by atoms with Gasteiger partial charge in [0.2, 0.25) is 0 Å². The number of carbonyl (C=O) groups excluding carboxylic acids is 1. The number of fused-ring (bicyclic) bond motifs is 1. The molecule has 1 aromatic carbocycles. The summed E-state index contributed by atoms with van der Waals surface area (Å²) >= 11 is 0. The van der Waals surface area contributed by atoms with Gasteiger partial charge >= 0.3 is 0 Å². The quantitative estimate of drug-likeness (QED) is 0.886. The van der Waals surface area contributed by atoms with Gasteiger partial charge in [-0.2, -0.15) is 0 Å². The molecule has 0 radical (unpaired) electrons. The van der Waals surface area contributed by atoms with Gasteiger partial charge < -0.3 is 15.0 Å². The number of aliphatic hydroxyl groups excluding tert-OH is 1. The second-order valence-corrected chi connectivity index (χ2v) is 5.03. The summed E-state index contributed by atoms with van der Waals surface area (Å²) in [4.78, 5) is 17.4. The average molecular weight is 260 g/mol. The lowest BCUT2D eigenvalue weighted by Crippen LogP contribution is -2.29. The normalized spacial score (nSPS) is 12.6. The highest BCUT2D eigenvalue weighted by Gasteiger charge is 2.19. The molecule has 0 saturated heterocycles. The Morgan fingerprint density at radius 1 is 1.42 bits per heavy atom. The van der Waals surface area contributed by atoms with Gasteiger partial charge in [-0.15, -0.1) is 0 Å². The van der Waals surface area contributed by atoms with Crippen LogP contribution in [0, 0.1) is 6.92 Å². The molecule has 0 bridgehead atoms. The van der Waals surface area contributed by atoms with Crippen molar-refractivity contribution in [3.05, 3.63) is 35.5 Å². The van der Waals surface area contributed by atoms with Crippen LogP contribution in [0.1, 0.15) is 29.4 Å². The molecular formula is C15H20N2O2. The molecule has 0 spiro atoms. The first-order valence-electron chi connectivity index (χ1n) is 6.51. The van der Waals surface area contributed by atoms with E-state index in [9.17, 15) is 9.90 Å². The number of aliphatic hydroxyl groups is 1. The highest BCUT2D eigenvalue weighted by molar-refractivity contribution is 6.07. The van der Waals surface area contributed by atoms with Crippen molar-refractivity contribution in [3.63, 3.8) is 0 Å². The lowest BCUT2D eigenvalue weighted by atomic mass is 10.1. The first-order valence-corrected chi connectivity index (χ1v) is 6.51. The van der Waals surface area contributed by atoms with Crippen molar-refractivity contribution < 1.29 is 9.90 Å². The highest BCUT2D eigenvalue weighted by Crippen LogP contribution is 2.23. The number of carbonyl (C=O) groups is 1. The number of para-hydroxylation sites is 1. The Bertz CT molecular complexity index is 587. The molecule has 19 heavy (non-hydrogen) atoms. The molecule has 0 aliphatic carbocycles. The number of benzene rings is 1. The summed E-state index contributed by atoms with van der Waals surface area (Å²) in [6.07, 6.45) is 0.197. The Morgan fingerprint density at radius 3 is 2.79 bits per heavy atom. The molecule has 2 N–H and O–H groups in total. The average Bonchev–Trinajstić information content (AvgIpc) is 2.70. The zero-order valence-electron chi connectivity index (χ0n) is 11.6. The number of nitrogens with one attached hydrogen (secondary N) is 1. The van der Waals surface area contributed by atoms with E-state index in [0.717, 1.165) is 22.2 Å². The molecule has 1 amide bonds. The van der Waals surface area contributed by atoms with Crippen molar-refractivity contribution in [3.8, 4) is 0 Å². The Morgan fingerprint density at radius 2 is 2.11 bits per heavy atom. The SMILES string of the molecule is Cc1[nH]c2ccccc2c1C(=O)N(C)CCC(C)O. The molecule has 1 heterocycles. The van der Waals surface area contributed by atoms with E-state index in [0.29, 0.717) is 13.0 Å². The summed E-state index contributed by atoms with van der Waals surface area (Å²) in [5, 5.41) is 10.2. The van der Waals surface area contributed by atoms with E-state index in [1.165, 1.54) is 0 Å². The van der Waals surface area contributed by atoms with Gasteiger partial charge in [-0.05, 0) is 26.3 Å². The summed E-state index contributed by atoms with van der Waals surface area (Å²) in [7, 11) is 1.77. The minimum atomic E-state index is -0.390. The fourth-order valence-electron chi connectivity index (χ4n) is 2.23. The predicted molar refractivity (Wildman–Crippen MR) is 76.3 cm³/mol. The number of hydrogen-bond donors (Lipinski definition) is 2. The van der Waals surface area contributed by atoms with Gasteiger partial charge in [-0.3, -0.25) is 4.79 Å². The summed E-state index contributed by atoms with van der Waals surface area (Å²) in [5.74, 6) is -0.00407. The third kappa shape index (κ3) is 2.79. The van der Waals surface area contributed by atoms with E-state index in [1.807, 2.05) is 31.2 Å². The molecule has 2 rings (SSSR count). The second-order valence-electron chi connectivity index (χ2n) is 5.03. The maximum Gasteiger partial charge on any atom is 0.256 e. The molecule has 1 unspecified atom stereocenters. The second kappa shape index (κ2) is 5.45. The van der Waals surface area contributed by atoms with Crippen molar-refractivity contribution in [2.75, 3.05) is 13.6 Å². The Balaban J connectivity index is 2.28. The van der Waals surface area contributed by atoms with Crippen LogP contribution in [-0.2, 0) is 0 Å². The smallest absolute Gasteiger partial charge is 0.256 e. The van der Waals surface area contributed by atoms with Crippen LogP contribution in [0.3, 0.4) is 0 Å². The fourth-order valence-corrected chi connectivity index (χ4v) is 2.23. The number of aryl methyl sites for hydroxylation is 1. The largest absolute Gasteiger partial charge is 0.393 e. The van der Waals surface area contributed by atoms with Crippen LogP contribution in [0.15, 0.2) is 24.3 Å². The van der Waals surface area contributed by atoms with Crippen molar-refractivity contribution in [1.29, 1.82) is 0 Å². The maximum absolute atomic E-state index is 12.5. The van der Waals surface area contributed by atoms with Crippen molar-refractivity contribution in [2.24, 2.45) is 0 Å². The van der Waals surface area contributed by atoms with Crippen LogP contribution in [0.5, 0.6) is 0 Å². The number of aromatic nitrogens is 1. The number of aromatic amines is 1. The molecular weight excluding hydrogens is 240 g/mol. The van der Waals surface area contributed by atoms with Crippen LogP contribution in [-0.4, -0.2) is 40.6 Å². The van der Waals surface area contributed by atoms with Gasteiger partial charge in [-0.1, -0.05) is 18.2 Å². The zero-order chi connectivity index (χ0) is 14.0. The van der Waals surface area contributed by atoms with E-state index in [2.05, 4.69) is 4.98 Å². The molecule has 2 aromatic rings. The summed E-state index contributed by atoms with van der Waals surface area (Å²) < 4.78 is 0. The van der Waals surface area contributed by atoms with E-state index < -0.39 is 0 Å². The minimum Gasteiger partial charge on any atom is -0.393 e. The van der Waals surface area contributed by atoms with Crippen molar-refractivity contribution in [2.45, 2.75) is 26.4 Å². The van der Waals surface area contributed by atoms with Crippen LogP contribution >= 0.6 is 0 Å². The van der Waals surface area contributed by atoms with Gasteiger partial charge in [-0.25, -0.2) is 0 Å². The van der Waals surface area contributed by atoms with E-state index in [1.54, 1.807) is 18.9 Å². The third-order valence-electron chi connectivity index (χ3n) is 3.34. The summed E-state index contributed by atoms with van der Waals surface area (Å²) in [5.41, 5.74) is 2.59. The molecule has 0 fully saturated rings.